The van der Waals surface area contributed by atoms with Gasteiger partial charge < -0.3 is 21.1 Å². The van der Waals surface area contributed by atoms with Crippen molar-refractivity contribution in [2.24, 2.45) is 16.6 Å². The Hall–Kier alpha value is -2.86. The number of carbonyl (C=O) groups is 1. The largest absolute Gasteiger partial charge is 0.380 e. The summed E-state index contributed by atoms with van der Waals surface area (Å²) in [5.74, 6) is 0.601. The molecule has 0 spiro atoms. The van der Waals surface area contributed by atoms with E-state index in [9.17, 15) is 4.79 Å². The topological polar surface area (TPSA) is 88.7 Å². The van der Waals surface area contributed by atoms with Crippen LogP contribution in [0.2, 0.25) is 0 Å². The molecule has 0 radical (unpaired) electrons. The van der Waals surface area contributed by atoms with Crippen LogP contribution in [0.3, 0.4) is 0 Å². The number of rotatable bonds is 7. The summed E-state index contributed by atoms with van der Waals surface area (Å²) in [5, 5.41) is 6.19. The summed E-state index contributed by atoms with van der Waals surface area (Å²) in [6.45, 7) is 0.928. The van der Waals surface area contributed by atoms with Crippen molar-refractivity contribution in [1.82, 2.24) is 0 Å². The van der Waals surface area contributed by atoms with Crippen molar-refractivity contribution in [1.29, 1.82) is 0 Å². The van der Waals surface area contributed by atoms with Crippen LogP contribution in [0.5, 0.6) is 0 Å². The minimum atomic E-state index is 0.126. The summed E-state index contributed by atoms with van der Waals surface area (Å²) < 4.78 is 5.21. The Balaban J connectivity index is 1.59. The smallest absolute Gasteiger partial charge is 0.227 e. The molecule has 0 unspecified atom stereocenters. The van der Waals surface area contributed by atoms with Gasteiger partial charge in [0.1, 0.15) is 0 Å². The summed E-state index contributed by atoms with van der Waals surface area (Å²) in [7, 11) is 1.66. The number of nitrogens with one attached hydrogen (secondary N) is 2. The van der Waals surface area contributed by atoms with Gasteiger partial charge in [-0.25, -0.2) is 4.99 Å². The number of ether oxygens (including phenoxy) is 1. The zero-order chi connectivity index (χ0) is 20.5. The van der Waals surface area contributed by atoms with E-state index in [1.807, 2.05) is 48.5 Å². The third kappa shape index (κ3) is 6.32. The highest BCUT2D eigenvalue weighted by atomic mass is 16.5. The lowest BCUT2D eigenvalue weighted by Gasteiger charge is -2.20. The van der Waals surface area contributed by atoms with Crippen LogP contribution < -0.4 is 16.4 Å². The summed E-state index contributed by atoms with van der Waals surface area (Å²) in [6, 6.07) is 15.6. The monoisotopic (exact) mass is 394 g/mol. The van der Waals surface area contributed by atoms with Gasteiger partial charge in [-0.1, -0.05) is 49.6 Å². The highest BCUT2D eigenvalue weighted by Crippen LogP contribution is 2.25. The van der Waals surface area contributed by atoms with Crippen molar-refractivity contribution in [3.8, 4) is 0 Å². The van der Waals surface area contributed by atoms with Gasteiger partial charge >= 0.3 is 0 Å². The number of para-hydroxylation sites is 1. The molecule has 6 heteroatoms. The van der Waals surface area contributed by atoms with E-state index in [0.29, 0.717) is 19.1 Å². The number of methoxy groups -OCH3 is 1. The van der Waals surface area contributed by atoms with Gasteiger partial charge in [-0.15, -0.1) is 0 Å². The standard InChI is InChI=1S/C23H30N4O2/c1-29-16-19-11-5-6-13-21(19)27-23(24)25-15-17-8-7-12-20(14-17)26-22(28)18-9-3-2-4-10-18/h5-8,11-14,18H,2-4,9-10,15-16H2,1H3,(H,26,28)(H3,24,25,27). The molecule has 4 N–H and O–H groups in total. The highest BCUT2D eigenvalue weighted by Gasteiger charge is 2.20. The second kappa shape index (κ2) is 10.6. The molecule has 6 nitrogen and oxygen atoms in total. The summed E-state index contributed by atoms with van der Waals surface area (Å²) in [5.41, 5.74) is 9.75. The Bertz CT molecular complexity index is 844. The predicted octanol–water partition coefficient (Wildman–Crippen LogP) is 4.28. The first kappa shape index (κ1) is 20.9. The fraction of sp³-hybridized carbons (Fsp3) is 0.391. The zero-order valence-electron chi connectivity index (χ0n) is 17.0. The Labute approximate surface area is 172 Å². The lowest BCUT2D eigenvalue weighted by atomic mass is 9.88. The van der Waals surface area contributed by atoms with Gasteiger partial charge in [0.15, 0.2) is 5.96 Å². The average Bonchev–Trinajstić information content (AvgIpc) is 2.75. The number of hydrogen-bond acceptors (Lipinski definition) is 3. The van der Waals surface area contributed by atoms with Crippen LogP contribution in [0.1, 0.15) is 43.2 Å². The SMILES string of the molecule is COCc1ccccc1NC(N)=NCc1cccc(NC(=O)C2CCCCC2)c1. The molecule has 0 saturated heterocycles. The molecular formula is C23H30N4O2. The van der Waals surface area contributed by atoms with Gasteiger partial charge in [0.2, 0.25) is 5.91 Å². The number of guanidine groups is 1. The van der Waals surface area contributed by atoms with Crippen molar-refractivity contribution in [3.63, 3.8) is 0 Å². The van der Waals surface area contributed by atoms with Crippen LogP contribution in [-0.2, 0) is 22.7 Å². The zero-order valence-corrected chi connectivity index (χ0v) is 17.0. The van der Waals surface area contributed by atoms with E-state index in [1.165, 1.54) is 6.42 Å². The van der Waals surface area contributed by atoms with E-state index in [0.717, 1.165) is 48.2 Å². The third-order valence-electron chi connectivity index (χ3n) is 5.18. The van der Waals surface area contributed by atoms with Crippen LogP contribution >= 0.6 is 0 Å². The number of nitrogens with zero attached hydrogens (tertiary/aromatic N) is 1. The molecule has 3 rings (SSSR count). The highest BCUT2D eigenvalue weighted by molar-refractivity contribution is 5.93. The third-order valence-corrected chi connectivity index (χ3v) is 5.18. The first-order valence-electron chi connectivity index (χ1n) is 10.2. The maximum atomic E-state index is 12.5. The molecule has 1 saturated carbocycles. The Morgan fingerprint density at radius 3 is 2.69 bits per heavy atom. The average molecular weight is 395 g/mol. The van der Waals surface area contributed by atoms with Gasteiger partial charge in [0.05, 0.1) is 13.2 Å². The van der Waals surface area contributed by atoms with Crippen LogP contribution in [0.15, 0.2) is 53.5 Å². The van der Waals surface area contributed by atoms with Crippen molar-refractivity contribution in [2.45, 2.75) is 45.3 Å². The van der Waals surface area contributed by atoms with E-state index in [1.54, 1.807) is 7.11 Å². The van der Waals surface area contributed by atoms with Gasteiger partial charge in [0.25, 0.3) is 0 Å². The summed E-state index contributed by atoms with van der Waals surface area (Å²) in [4.78, 5) is 16.9. The first-order chi connectivity index (χ1) is 14.2. The quantitative estimate of drug-likeness (QED) is 0.483. The molecule has 0 heterocycles. The molecule has 0 aliphatic heterocycles. The first-order valence-corrected chi connectivity index (χ1v) is 10.2. The summed E-state index contributed by atoms with van der Waals surface area (Å²) in [6.07, 6.45) is 5.51. The van der Waals surface area contributed by atoms with Crippen LogP contribution in [-0.4, -0.2) is 19.0 Å². The van der Waals surface area contributed by atoms with E-state index in [4.69, 9.17) is 10.5 Å². The Morgan fingerprint density at radius 2 is 1.90 bits per heavy atom. The van der Waals surface area contributed by atoms with E-state index >= 15 is 0 Å². The minimum absolute atomic E-state index is 0.126. The number of carbonyl (C=O) groups excluding carboxylic acids is 1. The van der Waals surface area contributed by atoms with Crippen molar-refractivity contribution in [2.75, 3.05) is 17.7 Å². The Kier molecular flexibility index (Phi) is 7.64. The number of benzene rings is 2. The van der Waals surface area contributed by atoms with E-state index < -0.39 is 0 Å². The molecule has 154 valence electrons. The molecule has 0 aromatic heterocycles. The fourth-order valence-electron chi connectivity index (χ4n) is 3.63. The summed E-state index contributed by atoms with van der Waals surface area (Å²) >= 11 is 0. The second-order valence-electron chi connectivity index (χ2n) is 7.44. The lowest BCUT2D eigenvalue weighted by Crippen LogP contribution is -2.24. The van der Waals surface area contributed by atoms with Gasteiger partial charge in [0, 0.05) is 30.0 Å². The van der Waals surface area contributed by atoms with Gasteiger partial charge in [-0.2, -0.15) is 0 Å². The van der Waals surface area contributed by atoms with Crippen LogP contribution in [0.4, 0.5) is 11.4 Å². The number of aliphatic imine (C=N–C) groups is 1. The van der Waals surface area contributed by atoms with Crippen molar-refractivity contribution < 1.29 is 9.53 Å². The molecule has 1 amide bonds. The van der Waals surface area contributed by atoms with Gasteiger partial charge in [-0.3, -0.25) is 4.79 Å². The maximum Gasteiger partial charge on any atom is 0.227 e. The van der Waals surface area contributed by atoms with Crippen LogP contribution in [0, 0.1) is 5.92 Å². The maximum absolute atomic E-state index is 12.5. The normalized spacial score (nSPS) is 15.1. The number of nitrogens with two attached hydrogens (primary N) is 1. The molecule has 1 aliphatic carbocycles. The molecule has 1 aliphatic rings. The second-order valence-corrected chi connectivity index (χ2v) is 7.44. The van der Waals surface area contributed by atoms with E-state index in [2.05, 4.69) is 15.6 Å². The fourth-order valence-corrected chi connectivity index (χ4v) is 3.63. The molecule has 29 heavy (non-hydrogen) atoms. The molecule has 0 bridgehead atoms. The predicted molar refractivity (Wildman–Crippen MR) is 118 cm³/mol. The lowest BCUT2D eigenvalue weighted by molar-refractivity contribution is -0.120. The van der Waals surface area contributed by atoms with Gasteiger partial charge in [-0.05, 0) is 36.6 Å². The number of hydrogen-bond donors (Lipinski definition) is 3. The van der Waals surface area contributed by atoms with E-state index in [-0.39, 0.29) is 11.8 Å². The number of amides is 1. The minimum Gasteiger partial charge on any atom is -0.380 e. The molecule has 2 aromatic rings. The molecule has 0 atom stereocenters. The van der Waals surface area contributed by atoms with Crippen molar-refractivity contribution >= 4 is 23.2 Å². The number of anilines is 2. The van der Waals surface area contributed by atoms with Crippen LogP contribution in [0.25, 0.3) is 0 Å². The molecule has 2 aromatic carbocycles. The Morgan fingerprint density at radius 1 is 1.10 bits per heavy atom. The van der Waals surface area contributed by atoms with Crippen molar-refractivity contribution in [3.05, 3.63) is 59.7 Å². The molecule has 1 fully saturated rings. The molecular weight excluding hydrogens is 364 g/mol.